The molecule has 0 aromatic carbocycles. The highest BCUT2D eigenvalue weighted by molar-refractivity contribution is 7.53. The molecule has 144 valence electrons. The number of carbonyl (C=O) groups excluding carboxylic acids is 3. The lowest BCUT2D eigenvalue weighted by Gasteiger charge is -2.27. The van der Waals surface area contributed by atoms with Gasteiger partial charge in [0.1, 0.15) is 11.6 Å². The molecule has 0 saturated carbocycles. The predicted molar refractivity (Wildman–Crippen MR) is 98.3 cm³/mol. The summed E-state index contributed by atoms with van der Waals surface area (Å²) >= 11 is 0. The van der Waals surface area contributed by atoms with E-state index in [0.717, 1.165) is 0 Å². The molecule has 0 bridgehead atoms. The van der Waals surface area contributed by atoms with Crippen molar-refractivity contribution in [2.24, 2.45) is 0 Å². The molecule has 0 heterocycles. The number of allylic oxidation sites excluding steroid dienone is 2. The minimum Gasteiger partial charge on any atom is -0.322 e. The average molecular weight is 374 g/mol. The van der Waals surface area contributed by atoms with E-state index in [1.165, 1.54) is 10.7 Å². The van der Waals surface area contributed by atoms with Crippen LogP contribution in [0.4, 0.5) is 0 Å². The van der Waals surface area contributed by atoms with Gasteiger partial charge in [0.25, 0.3) is 0 Å². The molecule has 0 saturated heterocycles. The molecule has 0 amide bonds. The first-order valence-electron chi connectivity index (χ1n) is 8.79. The highest BCUT2D eigenvalue weighted by Crippen LogP contribution is 2.40. The maximum Gasteiger partial charge on any atom is 0.340 e. The molecule has 0 radical (unpaired) electrons. The lowest BCUT2D eigenvalue weighted by molar-refractivity contribution is -0.119. The van der Waals surface area contributed by atoms with Crippen LogP contribution in [0, 0.1) is 0 Å². The lowest BCUT2D eigenvalue weighted by Crippen LogP contribution is -2.32. The molecule has 2 N–H and O–H groups in total. The van der Waals surface area contributed by atoms with E-state index in [0.29, 0.717) is 25.7 Å². The number of Topliss-reactive ketones (excluding diaryl/α,β-unsaturated/α-hetero) is 2. The van der Waals surface area contributed by atoms with Crippen molar-refractivity contribution in [1.82, 2.24) is 9.76 Å². The van der Waals surface area contributed by atoms with Gasteiger partial charge in [-0.2, -0.15) is 0 Å². The molecular weight excluding hydrogens is 343 g/mol. The van der Waals surface area contributed by atoms with E-state index < -0.39 is 7.67 Å². The van der Waals surface area contributed by atoms with Crippen molar-refractivity contribution in [2.45, 2.75) is 59.3 Å². The smallest absolute Gasteiger partial charge is 0.322 e. The van der Waals surface area contributed by atoms with E-state index in [9.17, 15) is 23.8 Å². The third-order valence-electron chi connectivity index (χ3n) is 3.74. The lowest BCUT2D eigenvalue weighted by atomic mass is 10.2. The Labute approximate surface area is 150 Å². The monoisotopic (exact) mass is 374 g/mol. The van der Waals surface area contributed by atoms with E-state index in [1.54, 1.807) is 26.8 Å². The Kier molecular flexibility index (Phi) is 12.5. The Hall–Kier alpha value is -1.14. The Morgan fingerprint density at radius 2 is 1.56 bits per heavy atom. The number of rotatable bonds is 15. The summed E-state index contributed by atoms with van der Waals surface area (Å²) in [5.41, 5.74) is 0. The van der Waals surface area contributed by atoms with Gasteiger partial charge in [-0.3, -0.25) is 18.9 Å². The molecule has 1 unspecified atom stereocenters. The topological polar surface area (TPSA) is 104 Å². The van der Waals surface area contributed by atoms with E-state index in [1.807, 2.05) is 0 Å². The first kappa shape index (κ1) is 23.9. The summed E-state index contributed by atoms with van der Waals surface area (Å²) < 4.78 is 13.8. The first-order chi connectivity index (χ1) is 11.8. The predicted octanol–water partition coefficient (Wildman–Crippen LogP) is 2.64. The van der Waals surface area contributed by atoms with Gasteiger partial charge in [-0.05, 0) is 19.4 Å². The molecule has 0 aliphatic heterocycles. The van der Waals surface area contributed by atoms with Crippen molar-refractivity contribution >= 4 is 25.0 Å². The van der Waals surface area contributed by atoms with Crippen molar-refractivity contribution < 1.29 is 23.8 Å². The van der Waals surface area contributed by atoms with Gasteiger partial charge in [0.05, 0.1) is 0 Å². The summed E-state index contributed by atoms with van der Waals surface area (Å²) in [7, 11) is -3.86. The van der Waals surface area contributed by atoms with Gasteiger partial charge < -0.3 is 4.89 Å². The van der Waals surface area contributed by atoms with Crippen LogP contribution in [0.5, 0.6) is 0 Å². The van der Waals surface area contributed by atoms with Crippen LogP contribution >= 0.6 is 7.67 Å². The first-order valence-corrected chi connectivity index (χ1v) is 10.4. The summed E-state index contributed by atoms with van der Waals surface area (Å²) in [6, 6.07) is 0. The van der Waals surface area contributed by atoms with Gasteiger partial charge in [-0.15, -0.1) is 0 Å². The molecule has 0 aromatic heterocycles. The van der Waals surface area contributed by atoms with Crippen molar-refractivity contribution in [3.8, 4) is 0 Å². The second-order valence-electron chi connectivity index (χ2n) is 5.76. The zero-order valence-electron chi connectivity index (χ0n) is 15.5. The Balaban J connectivity index is 4.63. The normalized spacial score (nSPS) is 14.0. The van der Waals surface area contributed by atoms with Crippen molar-refractivity contribution in [2.75, 3.05) is 19.6 Å². The largest absolute Gasteiger partial charge is 0.340 e. The molecule has 0 aliphatic rings. The van der Waals surface area contributed by atoms with E-state index in [4.69, 9.17) is 0 Å². The number of carbonyl (C=O) groups is 3. The van der Waals surface area contributed by atoms with Crippen LogP contribution in [0.2, 0.25) is 0 Å². The molecule has 25 heavy (non-hydrogen) atoms. The molecule has 7 nitrogen and oxygen atoms in total. The Bertz CT molecular complexity index is 499. The van der Waals surface area contributed by atoms with Crippen molar-refractivity contribution in [1.29, 1.82) is 0 Å². The van der Waals surface area contributed by atoms with Gasteiger partial charge in [0.15, 0.2) is 5.78 Å². The standard InChI is InChI=1S/C17H31N2O5P/c1-4-8-17(22)9-7-12-18-25(23,24)19(13-10-15(20)5-2)14-11-16(21)6-3/h4,8H,5-7,9-14H2,1-3H3,(H2,18,23,24). The number of hydrogen-bond acceptors (Lipinski definition) is 4. The zero-order valence-corrected chi connectivity index (χ0v) is 16.4. The summed E-state index contributed by atoms with van der Waals surface area (Å²) in [5, 5.41) is 2.58. The second-order valence-corrected chi connectivity index (χ2v) is 7.73. The maximum atomic E-state index is 12.5. The summed E-state index contributed by atoms with van der Waals surface area (Å²) in [6.45, 7) is 5.70. The highest BCUT2D eigenvalue weighted by atomic mass is 31.2. The van der Waals surface area contributed by atoms with Gasteiger partial charge in [-0.1, -0.05) is 19.9 Å². The zero-order chi connectivity index (χ0) is 19.3. The number of ketones is 3. The average Bonchev–Trinajstić information content (AvgIpc) is 2.58. The summed E-state index contributed by atoms with van der Waals surface area (Å²) in [4.78, 5) is 44.7. The summed E-state index contributed by atoms with van der Waals surface area (Å²) in [5.74, 6) is -0.0245. The van der Waals surface area contributed by atoms with Gasteiger partial charge in [0, 0.05) is 51.7 Å². The SMILES string of the molecule is CC=CC(=O)CCCNP(=O)(O)N(CCC(=O)CC)CCC(=O)CC. The maximum absolute atomic E-state index is 12.5. The summed E-state index contributed by atoms with van der Waals surface area (Å²) in [6.07, 6.45) is 4.94. The van der Waals surface area contributed by atoms with Crippen molar-refractivity contribution in [3.63, 3.8) is 0 Å². The Morgan fingerprint density at radius 3 is 2.00 bits per heavy atom. The van der Waals surface area contributed by atoms with Gasteiger partial charge in [0.2, 0.25) is 0 Å². The van der Waals surface area contributed by atoms with E-state index in [2.05, 4.69) is 5.09 Å². The van der Waals surface area contributed by atoms with Crippen LogP contribution in [0.1, 0.15) is 59.3 Å². The third-order valence-corrected chi connectivity index (χ3v) is 5.54. The Morgan fingerprint density at radius 1 is 1.04 bits per heavy atom. The van der Waals surface area contributed by atoms with Crippen LogP contribution in [0.25, 0.3) is 0 Å². The van der Waals surface area contributed by atoms with Crippen molar-refractivity contribution in [3.05, 3.63) is 12.2 Å². The van der Waals surface area contributed by atoms with E-state index >= 15 is 0 Å². The number of nitrogens with zero attached hydrogens (tertiary/aromatic N) is 1. The van der Waals surface area contributed by atoms with E-state index in [-0.39, 0.29) is 49.8 Å². The molecular formula is C17H31N2O5P. The molecule has 0 aromatic rings. The number of nitrogens with one attached hydrogen (secondary N) is 1. The van der Waals surface area contributed by atoms with Gasteiger partial charge >= 0.3 is 7.67 Å². The number of hydrogen-bond donors (Lipinski definition) is 2. The second kappa shape index (κ2) is 13.1. The minimum atomic E-state index is -3.86. The molecule has 1 atom stereocenters. The minimum absolute atomic E-state index is 0.00349. The molecule has 0 spiro atoms. The quantitative estimate of drug-likeness (QED) is 0.258. The van der Waals surface area contributed by atoms with Crippen LogP contribution in [0.15, 0.2) is 12.2 Å². The van der Waals surface area contributed by atoms with Crippen LogP contribution < -0.4 is 5.09 Å². The van der Waals surface area contributed by atoms with Crippen LogP contribution in [-0.2, 0) is 18.9 Å². The molecule has 0 aliphatic carbocycles. The molecule has 0 rings (SSSR count). The third kappa shape index (κ3) is 11.2. The van der Waals surface area contributed by atoms with Crippen LogP contribution in [0.3, 0.4) is 0 Å². The van der Waals surface area contributed by atoms with Crippen LogP contribution in [-0.4, -0.2) is 46.5 Å². The highest BCUT2D eigenvalue weighted by Gasteiger charge is 2.28. The molecule has 8 heteroatoms. The fourth-order valence-corrected chi connectivity index (χ4v) is 3.49. The fraction of sp³-hybridized carbons (Fsp3) is 0.706. The van der Waals surface area contributed by atoms with Gasteiger partial charge in [-0.25, -0.2) is 9.76 Å². The fourth-order valence-electron chi connectivity index (χ4n) is 2.10. The molecule has 0 fully saturated rings.